The summed E-state index contributed by atoms with van der Waals surface area (Å²) in [6.07, 6.45) is 2.00. The highest BCUT2D eigenvalue weighted by atomic mass is 32.1. The first kappa shape index (κ1) is 24.5. The normalized spacial score (nSPS) is 16.9. The van der Waals surface area contributed by atoms with Crippen molar-refractivity contribution in [1.82, 2.24) is 0 Å². The monoisotopic (exact) mass is 566 g/mol. The van der Waals surface area contributed by atoms with Crippen LogP contribution in [0.25, 0.3) is 53.6 Å². The van der Waals surface area contributed by atoms with E-state index < -0.39 is 0 Å². The standard InChI is InChI=1S/C40H26N2S/c1-2-16-29(34-21-11-22-35-31-18-9-10-23-37(31)43-40(34)35)25(12-1)26-13-3-6-17-30(26)36-24-41-38-32-19-7-4-14-27(32)28-15-5-8-20-33(28)39(38)42-36/h1-24,38-39H. The molecule has 0 radical (unpaired) electrons. The zero-order chi connectivity index (χ0) is 28.3. The molecule has 6 aromatic carbocycles. The summed E-state index contributed by atoms with van der Waals surface area (Å²) < 4.78 is 2.64. The number of fused-ring (bicyclic) bond motifs is 9. The Morgan fingerprint density at radius 2 is 0.930 bits per heavy atom. The Balaban J connectivity index is 1.21. The van der Waals surface area contributed by atoms with Crippen LogP contribution in [0.2, 0.25) is 0 Å². The lowest BCUT2D eigenvalue weighted by atomic mass is 9.79. The molecule has 2 unspecified atom stereocenters. The molecule has 2 heterocycles. The van der Waals surface area contributed by atoms with Gasteiger partial charge in [-0.05, 0) is 45.0 Å². The number of rotatable bonds is 3. The van der Waals surface area contributed by atoms with Crippen LogP contribution in [0.15, 0.2) is 150 Å². The maximum Gasteiger partial charge on any atom is 0.103 e. The topological polar surface area (TPSA) is 24.7 Å². The molecule has 1 aromatic heterocycles. The molecule has 9 rings (SSSR count). The average molecular weight is 567 g/mol. The predicted molar refractivity (Wildman–Crippen MR) is 183 cm³/mol. The fraction of sp³-hybridized carbons (Fsp3) is 0.0500. The Hall–Kier alpha value is -5.12. The van der Waals surface area contributed by atoms with Gasteiger partial charge in [0.15, 0.2) is 0 Å². The van der Waals surface area contributed by atoms with Crippen molar-refractivity contribution in [2.24, 2.45) is 9.98 Å². The highest BCUT2D eigenvalue weighted by Gasteiger charge is 2.35. The highest BCUT2D eigenvalue weighted by molar-refractivity contribution is 7.26. The van der Waals surface area contributed by atoms with Crippen molar-refractivity contribution in [3.8, 4) is 33.4 Å². The molecule has 0 spiro atoms. The van der Waals surface area contributed by atoms with Gasteiger partial charge in [-0.15, -0.1) is 11.3 Å². The maximum absolute atomic E-state index is 5.45. The molecule has 1 aliphatic carbocycles. The summed E-state index contributed by atoms with van der Waals surface area (Å²) in [7, 11) is 0. The minimum absolute atomic E-state index is 0.0140. The van der Waals surface area contributed by atoms with E-state index in [4.69, 9.17) is 9.98 Å². The number of hydrogen-bond acceptors (Lipinski definition) is 3. The van der Waals surface area contributed by atoms with Crippen LogP contribution in [-0.4, -0.2) is 11.9 Å². The third-order valence-corrected chi connectivity index (χ3v) is 10.1. The largest absolute Gasteiger partial charge is 0.280 e. The molecule has 2 aliphatic rings. The quantitative estimate of drug-likeness (QED) is 0.203. The second kappa shape index (κ2) is 9.72. The Morgan fingerprint density at radius 3 is 1.67 bits per heavy atom. The first-order chi connectivity index (χ1) is 21.3. The molecule has 2 nitrogen and oxygen atoms in total. The van der Waals surface area contributed by atoms with Crippen molar-refractivity contribution in [3.63, 3.8) is 0 Å². The van der Waals surface area contributed by atoms with Crippen LogP contribution in [0.1, 0.15) is 28.8 Å². The number of aliphatic imine (C=N–C) groups is 2. The molecule has 7 aromatic rings. The predicted octanol–water partition coefficient (Wildman–Crippen LogP) is 10.7. The second-order valence-electron chi connectivity index (χ2n) is 11.2. The van der Waals surface area contributed by atoms with Crippen LogP contribution < -0.4 is 0 Å². The number of thiophene rings is 1. The van der Waals surface area contributed by atoms with Gasteiger partial charge in [0.2, 0.25) is 0 Å². The third kappa shape index (κ3) is 3.78. The van der Waals surface area contributed by atoms with Crippen molar-refractivity contribution in [1.29, 1.82) is 0 Å². The van der Waals surface area contributed by atoms with Crippen molar-refractivity contribution in [2.45, 2.75) is 12.1 Å². The van der Waals surface area contributed by atoms with Gasteiger partial charge in [0.25, 0.3) is 0 Å². The summed E-state index contributed by atoms with van der Waals surface area (Å²) in [5, 5.41) is 2.63. The van der Waals surface area contributed by atoms with E-state index in [2.05, 4.69) is 140 Å². The zero-order valence-corrected chi connectivity index (χ0v) is 24.1. The van der Waals surface area contributed by atoms with Gasteiger partial charge in [-0.25, -0.2) is 0 Å². The Labute approximate surface area is 254 Å². The fourth-order valence-corrected chi connectivity index (χ4v) is 8.20. The van der Waals surface area contributed by atoms with Gasteiger partial charge in [-0.1, -0.05) is 133 Å². The highest BCUT2D eigenvalue weighted by Crippen LogP contribution is 2.49. The van der Waals surface area contributed by atoms with Crippen molar-refractivity contribution >= 4 is 43.4 Å². The second-order valence-corrected chi connectivity index (χ2v) is 12.3. The van der Waals surface area contributed by atoms with E-state index >= 15 is 0 Å². The molecule has 202 valence electrons. The van der Waals surface area contributed by atoms with E-state index in [1.165, 1.54) is 64.7 Å². The molecule has 0 saturated heterocycles. The van der Waals surface area contributed by atoms with Crippen molar-refractivity contribution in [3.05, 3.63) is 156 Å². The average Bonchev–Trinajstić information content (AvgIpc) is 3.47. The lowest BCUT2D eigenvalue weighted by Crippen LogP contribution is -2.22. The smallest absolute Gasteiger partial charge is 0.103 e. The minimum Gasteiger partial charge on any atom is -0.280 e. The van der Waals surface area contributed by atoms with E-state index in [0.717, 1.165) is 11.3 Å². The molecule has 0 fully saturated rings. The summed E-state index contributed by atoms with van der Waals surface area (Å²) >= 11 is 1.87. The summed E-state index contributed by atoms with van der Waals surface area (Å²) in [6, 6.07) is 50.1. The van der Waals surface area contributed by atoms with Gasteiger partial charge in [-0.2, -0.15) is 0 Å². The molecule has 0 amide bonds. The first-order valence-electron chi connectivity index (χ1n) is 14.7. The maximum atomic E-state index is 5.45. The number of hydrogen-bond donors (Lipinski definition) is 0. The lowest BCUT2D eigenvalue weighted by Gasteiger charge is -2.33. The summed E-state index contributed by atoms with van der Waals surface area (Å²) in [5.74, 6) is 0. The number of benzene rings is 6. The summed E-state index contributed by atoms with van der Waals surface area (Å²) in [6.45, 7) is 0. The summed E-state index contributed by atoms with van der Waals surface area (Å²) in [5.41, 5.74) is 11.9. The van der Waals surface area contributed by atoms with Gasteiger partial charge < -0.3 is 0 Å². The van der Waals surface area contributed by atoms with Crippen molar-refractivity contribution < 1.29 is 0 Å². The first-order valence-corrected chi connectivity index (χ1v) is 15.6. The molecule has 1 aliphatic heterocycles. The molecule has 2 atom stereocenters. The van der Waals surface area contributed by atoms with Gasteiger partial charge in [0.05, 0.1) is 5.71 Å². The van der Waals surface area contributed by atoms with Gasteiger partial charge in [0.1, 0.15) is 12.1 Å². The van der Waals surface area contributed by atoms with Crippen LogP contribution in [0.4, 0.5) is 0 Å². The van der Waals surface area contributed by atoms with E-state index in [1.54, 1.807) is 0 Å². The molecule has 0 saturated carbocycles. The van der Waals surface area contributed by atoms with Gasteiger partial charge in [0, 0.05) is 37.5 Å². The third-order valence-electron chi connectivity index (χ3n) is 8.90. The lowest BCUT2D eigenvalue weighted by molar-refractivity contribution is 0.570. The molecule has 43 heavy (non-hydrogen) atoms. The molecule has 0 bridgehead atoms. The van der Waals surface area contributed by atoms with Gasteiger partial charge >= 0.3 is 0 Å². The SMILES string of the molecule is C1=NC2c3ccccc3-c3ccccc3C2N=C1c1ccccc1-c1ccccc1-c1cccc2c1sc1ccccc12. The Kier molecular flexibility index (Phi) is 5.53. The zero-order valence-electron chi connectivity index (χ0n) is 23.3. The Bertz CT molecular complexity index is 2270. The van der Waals surface area contributed by atoms with E-state index in [1.807, 2.05) is 17.6 Å². The van der Waals surface area contributed by atoms with Crippen LogP contribution in [0.5, 0.6) is 0 Å². The Morgan fingerprint density at radius 1 is 0.419 bits per heavy atom. The van der Waals surface area contributed by atoms with Crippen LogP contribution in [0, 0.1) is 0 Å². The molecular weight excluding hydrogens is 541 g/mol. The van der Waals surface area contributed by atoms with E-state index in [-0.39, 0.29) is 12.1 Å². The molecular formula is C40H26N2S. The molecule has 3 heteroatoms. The molecule has 0 N–H and O–H groups in total. The summed E-state index contributed by atoms with van der Waals surface area (Å²) in [4.78, 5) is 10.6. The van der Waals surface area contributed by atoms with E-state index in [0.29, 0.717) is 0 Å². The van der Waals surface area contributed by atoms with Crippen LogP contribution in [0.3, 0.4) is 0 Å². The van der Waals surface area contributed by atoms with Gasteiger partial charge in [-0.3, -0.25) is 9.98 Å². The van der Waals surface area contributed by atoms with Crippen molar-refractivity contribution in [2.75, 3.05) is 0 Å². The van der Waals surface area contributed by atoms with Crippen LogP contribution in [-0.2, 0) is 0 Å². The minimum atomic E-state index is -0.0540. The fourth-order valence-electron chi connectivity index (χ4n) is 6.97. The van der Waals surface area contributed by atoms with Crippen LogP contribution >= 0.6 is 11.3 Å². The number of nitrogens with zero attached hydrogens (tertiary/aromatic N) is 2. The van der Waals surface area contributed by atoms with E-state index in [9.17, 15) is 0 Å².